The minimum absolute atomic E-state index is 0.0953. The van der Waals surface area contributed by atoms with Crippen LogP contribution < -0.4 is 10.6 Å². The lowest BCUT2D eigenvalue weighted by Crippen LogP contribution is -2.43. The maximum atomic E-state index is 12.2. The van der Waals surface area contributed by atoms with Crippen LogP contribution in [0, 0.1) is 0 Å². The minimum Gasteiger partial charge on any atom is -0.503 e. The molecule has 11 nitrogen and oxygen atoms in total. The molecular weight excluding hydrogens is 402 g/mol. The molecule has 0 spiro atoms. The number of amides is 2. The Bertz CT molecular complexity index is 678. The Morgan fingerprint density at radius 3 is 1.48 bits per heavy atom. The van der Waals surface area contributed by atoms with Gasteiger partial charge in [-0.25, -0.2) is 9.59 Å². The molecule has 1 aromatic rings. The first-order chi connectivity index (χ1) is 12.7. The number of carbonyl (C=O) groups excluding carboxylic acids is 4. The number of hydrogen-bond donors (Lipinski definition) is 7. The number of H-pyrrole nitrogens is 1. The lowest BCUT2D eigenvalue weighted by Gasteiger charge is -2.13. The third kappa shape index (κ3) is 5.23. The van der Waals surface area contributed by atoms with Crippen LogP contribution in [0.2, 0.25) is 0 Å². The summed E-state index contributed by atoms with van der Waals surface area (Å²) in [5, 5.41) is 24.2. The van der Waals surface area contributed by atoms with Crippen LogP contribution in [0.4, 0.5) is 0 Å². The number of carbonyl (C=O) groups is 4. The van der Waals surface area contributed by atoms with Crippen LogP contribution in [-0.2, 0) is 19.1 Å². The number of aromatic nitrogens is 1. The Labute approximate surface area is 164 Å². The van der Waals surface area contributed by atoms with Crippen molar-refractivity contribution in [2.75, 3.05) is 25.7 Å². The molecular formula is C14H19N3O8S2. The van der Waals surface area contributed by atoms with Crippen LogP contribution in [0.1, 0.15) is 21.0 Å². The predicted octanol–water partition coefficient (Wildman–Crippen LogP) is -1.17. The van der Waals surface area contributed by atoms with E-state index in [4.69, 9.17) is 0 Å². The number of nitrogens with one attached hydrogen (secondary N) is 3. The molecule has 0 radical (unpaired) electrons. The van der Waals surface area contributed by atoms with Gasteiger partial charge in [-0.15, -0.1) is 0 Å². The van der Waals surface area contributed by atoms with E-state index in [0.29, 0.717) is 0 Å². The average molecular weight is 421 g/mol. The van der Waals surface area contributed by atoms with E-state index in [1.165, 1.54) is 0 Å². The second-order valence-corrected chi connectivity index (χ2v) is 5.77. The van der Waals surface area contributed by atoms with Gasteiger partial charge in [-0.3, -0.25) is 9.59 Å². The van der Waals surface area contributed by atoms with Gasteiger partial charge < -0.3 is 35.3 Å². The summed E-state index contributed by atoms with van der Waals surface area (Å²) in [4.78, 5) is 49.6. The SMILES string of the molecule is COC(=O)C(CS)NC(=O)c1[nH]c(C(=O)NC(CS)C(=O)OC)c(O)c1O. The maximum absolute atomic E-state index is 12.2. The Kier molecular flexibility index (Phi) is 8.31. The van der Waals surface area contributed by atoms with Gasteiger partial charge in [0.2, 0.25) is 0 Å². The summed E-state index contributed by atoms with van der Waals surface area (Å²) in [5.74, 6) is -5.57. The van der Waals surface area contributed by atoms with Crippen molar-refractivity contribution >= 4 is 49.0 Å². The molecule has 1 aromatic heterocycles. The zero-order valence-electron chi connectivity index (χ0n) is 14.3. The lowest BCUT2D eigenvalue weighted by molar-refractivity contribution is -0.143. The highest BCUT2D eigenvalue weighted by Gasteiger charge is 2.30. The number of esters is 2. The van der Waals surface area contributed by atoms with Gasteiger partial charge in [0.25, 0.3) is 11.8 Å². The van der Waals surface area contributed by atoms with E-state index in [1.807, 2.05) is 0 Å². The van der Waals surface area contributed by atoms with Crippen LogP contribution in [0.3, 0.4) is 0 Å². The van der Waals surface area contributed by atoms with Gasteiger partial charge >= 0.3 is 11.9 Å². The van der Waals surface area contributed by atoms with Crippen molar-refractivity contribution in [1.29, 1.82) is 0 Å². The molecule has 0 aliphatic rings. The maximum Gasteiger partial charge on any atom is 0.329 e. The molecule has 13 heteroatoms. The largest absolute Gasteiger partial charge is 0.503 e. The molecule has 0 bridgehead atoms. The number of methoxy groups -OCH3 is 2. The molecule has 1 rings (SSSR count). The smallest absolute Gasteiger partial charge is 0.329 e. The number of ether oxygens (including phenoxy) is 2. The van der Waals surface area contributed by atoms with Crippen molar-refractivity contribution < 1.29 is 38.9 Å². The Morgan fingerprint density at radius 2 is 1.22 bits per heavy atom. The van der Waals surface area contributed by atoms with Gasteiger partial charge in [0, 0.05) is 11.5 Å². The molecule has 2 unspecified atom stereocenters. The molecule has 0 aliphatic heterocycles. The molecule has 0 saturated carbocycles. The van der Waals surface area contributed by atoms with Gasteiger partial charge in [-0.05, 0) is 0 Å². The van der Waals surface area contributed by atoms with Crippen LogP contribution in [0.5, 0.6) is 11.5 Å². The summed E-state index contributed by atoms with van der Waals surface area (Å²) in [7, 11) is 2.23. The highest BCUT2D eigenvalue weighted by molar-refractivity contribution is 7.80. The van der Waals surface area contributed by atoms with E-state index in [-0.39, 0.29) is 11.5 Å². The van der Waals surface area contributed by atoms with Gasteiger partial charge in [0.05, 0.1) is 14.2 Å². The van der Waals surface area contributed by atoms with E-state index >= 15 is 0 Å². The van der Waals surface area contributed by atoms with Crippen LogP contribution >= 0.6 is 25.3 Å². The minimum atomic E-state index is -1.12. The number of thiol groups is 2. The molecule has 2 amide bonds. The average Bonchev–Trinajstić information content (AvgIpc) is 2.97. The highest BCUT2D eigenvalue weighted by atomic mass is 32.1. The number of hydrogen-bond acceptors (Lipinski definition) is 10. The summed E-state index contributed by atoms with van der Waals surface area (Å²) >= 11 is 7.81. The van der Waals surface area contributed by atoms with Crippen LogP contribution in [0.15, 0.2) is 0 Å². The standard InChI is InChI=1S/C14H19N3O8S2/c1-24-13(22)5(3-26)15-11(20)7-9(18)10(19)8(17-7)12(21)16-6(4-27)14(23)25-2/h5-6,17-19,26-27H,3-4H2,1-2H3,(H,15,20)(H,16,21). The highest BCUT2D eigenvalue weighted by Crippen LogP contribution is 2.33. The van der Waals surface area contributed by atoms with Crippen molar-refractivity contribution in [2.24, 2.45) is 0 Å². The fourth-order valence-electron chi connectivity index (χ4n) is 1.91. The van der Waals surface area contributed by atoms with Gasteiger partial charge in [-0.1, -0.05) is 0 Å². The summed E-state index contributed by atoms with van der Waals surface area (Å²) in [6.07, 6.45) is 0. The third-order valence-electron chi connectivity index (χ3n) is 3.35. The molecule has 27 heavy (non-hydrogen) atoms. The zero-order valence-corrected chi connectivity index (χ0v) is 16.1. The molecule has 5 N–H and O–H groups in total. The monoisotopic (exact) mass is 421 g/mol. The molecule has 2 atom stereocenters. The summed E-state index contributed by atoms with van der Waals surface area (Å²) in [6.45, 7) is 0. The molecule has 150 valence electrons. The Morgan fingerprint density at radius 1 is 0.889 bits per heavy atom. The second kappa shape index (κ2) is 9.97. The summed E-state index contributed by atoms with van der Waals surface area (Å²) in [6, 6.07) is -2.25. The second-order valence-electron chi connectivity index (χ2n) is 5.04. The Balaban J connectivity index is 3.05. The van der Waals surface area contributed by atoms with E-state index in [0.717, 1.165) is 14.2 Å². The van der Waals surface area contributed by atoms with Crippen molar-refractivity contribution in [1.82, 2.24) is 15.6 Å². The van der Waals surface area contributed by atoms with E-state index in [2.05, 4.69) is 50.3 Å². The van der Waals surface area contributed by atoms with Crippen LogP contribution in [-0.4, -0.2) is 76.8 Å². The first-order valence-electron chi connectivity index (χ1n) is 7.34. The van der Waals surface area contributed by atoms with Gasteiger partial charge in [-0.2, -0.15) is 25.3 Å². The van der Waals surface area contributed by atoms with Crippen molar-refractivity contribution in [3.05, 3.63) is 11.4 Å². The van der Waals surface area contributed by atoms with E-state index in [9.17, 15) is 29.4 Å². The fraction of sp³-hybridized carbons (Fsp3) is 0.429. The topological polar surface area (TPSA) is 167 Å². The number of rotatable bonds is 8. The van der Waals surface area contributed by atoms with E-state index in [1.54, 1.807) is 0 Å². The third-order valence-corrected chi connectivity index (χ3v) is 4.08. The summed E-state index contributed by atoms with van der Waals surface area (Å²) in [5.41, 5.74) is -1.15. The zero-order chi connectivity index (χ0) is 20.7. The number of aromatic hydroxyl groups is 2. The number of aromatic amines is 1. The van der Waals surface area contributed by atoms with Gasteiger partial charge in [0.15, 0.2) is 22.9 Å². The first kappa shape index (κ1) is 22.5. The molecule has 0 fully saturated rings. The first-order valence-corrected chi connectivity index (χ1v) is 8.61. The molecule has 0 aliphatic carbocycles. The molecule has 0 aromatic carbocycles. The molecule has 1 heterocycles. The Hall–Kier alpha value is -2.54. The van der Waals surface area contributed by atoms with Crippen molar-refractivity contribution in [2.45, 2.75) is 12.1 Å². The van der Waals surface area contributed by atoms with E-state index < -0.39 is 58.7 Å². The summed E-state index contributed by atoms with van der Waals surface area (Å²) < 4.78 is 8.97. The van der Waals surface area contributed by atoms with Crippen LogP contribution in [0.25, 0.3) is 0 Å². The fourth-order valence-corrected chi connectivity index (χ4v) is 2.39. The quantitative estimate of drug-likeness (QED) is 0.204. The lowest BCUT2D eigenvalue weighted by atomic mass is 10.2. The normalized spacial score (nSPS) is 12.6. The van der Waals surface area contributed by atoms with Gasteiger partial charge in [0.1, 0.15) is 12.1 Å². The predicted molar refractivity (Wildman–Crippen MR) is 98.4 cm³/mol. The molecule has 0 saturated heterocycles. The van der Waals surface area contributed by atoms with Crippen molar-refractivity contribution in [3.63, 3.8) is 0 Å². The van der Waals surface area contributed by atoms with Crippen molar-refractivity contribution in [3.8, 4) is 11.5 Å².